The van der Waals surface area contributed by atoms with E-state index >= 15 is 0 Å². The average molecular weight is 307 g/mol. The summed E-state index contributed by atoms with van der Waals surface area (Å²) >= 11 is 0. The van der Waals surface area contributed by atoms with Crippen LogP contribution in [0.25, 0.3) is 0 Å². The molecule has 0 aromatic carbocycles. The molecule has 3 N–H and O–H groups in total. The number of hydrogen-bond acceptors (Lipinski definition) is 4. The molecule has 1 aliphatic carbocycles. The molecule has 0 aliphatic heterocycles. The summed E-state index contributed by atoms with van der Waals surface area (Å²) in [4.78, 5) is 12.3. The van der Waals surface area contributed by atoms with Crippen molar-refractivity contribution in [3.63, 3.8) is 0 Å². The van der Waals surface area contributed by atoms with E-state index < -0.39 is 13.1 Å². The number of carbonyl (C=O) groups excluding carboxylic acids is 1. The monoisotopic (exact) mass is 307 g/mol. The summed E-state index contributed by atoms with van der Waals surface area (Å²) in [6, 6.07) is 0.380. The fourth-order valence-electron chi connectivity index (χ4n) is 3.02. The second-order valence-electron chi connectivity index (χ2n) is 6.62. The van der Waals surface area contributed by atoms with E-state index in [-0.39, 0.29) is 11.8 Å². The van der Waals surface area contributed by atoms with Crippen LogP contribution in [0.2, 0.25) is 0 Å². The Morgan fingerprint density at radius 3 is 2.68 bits per heavy atom. The highest BCUT2D eigenvalue weighted by Gasteiger charge is 2.27. The molecule has 1 saturated carbocycles. The minimum absolute atomic E-state index is 0.261. The van der Waals surface area contributed by atoms with Crippen molar-refractivity contribution in [2.45, 2.75) is 64.4 Å². The maximum atomic E-state index is 12.3. The number of aromatic nitrogens is 2. The van der Waals surface area contributed by atoms with Crippen LogP contribution in [-0.4, -0.2) is 38.8 Å². The third kappa shape index (κ3) is 4.58. The van der Waals surface area contributed by atoms with Gasteiger partial charge in [0.2, 0.25) is 0 Å². The van der Waals surface area contributed by atoms with Crippen molar-refractivity contribution in [1.29, 1.82) is 0 Å². The Morgan fingerprint density at radius 2 is 2.09 bits per heavy atom. The van der Waals surface area contributed by atoms with Gasteiger partial charge in [-0.3, -0.25) is 9.48 Å². The predicted molar refractivity (Wildman–Crippen MR) is 85.2 cm³/mol. The van der Waals surface area contributed by atoms with Crippen molar-refractivity contribution in [2.75, 3.05) is 0 Å². The lowest BCUT2D eigenvalue weighted by atomic mass is 9.75. The molecule has 1 aliphatic rings. The van der Waals surface area contributed by atoms with Crippen LogP contribution in [0.5, 0.6) is 0 Å². The fourth-order valence-corrected chi connectivity index (χ4v) is 3.02. The molecule has 0 spiro atoms. The molecule has 7 heteroatoms. The van der Waals surface area contributed by atoms with Gasteiger partial charge in [-0.1, -0.05) is 33.1 Å². The Kier molecular flexibility index (Phi) is 6.02. The van der Waals surface area contributed by atoms with E-state index in [0.29, 0.717) is 18.0 Å². The Labute approximate surface area is 132 Å². The Morgan fingerprint density at radius 1 is 1.41 bits per heavy atom. The Bertz CT molecular complexity index is 484. The van der Waals surface area contributed by atoms with Crippen LogP contribution in [0.3, 0.4) is 0 Å². The van der Waals surface area contributed by atoms with Gasteiger partial charge < -0.3 is 15.4 Å². The van der Waals surface area contributed by atoms with Gasteiger partial charge in [0.15, 0.2) is 0 Å². The van der Waals surface area contributed by atoms with Gasteiger partial charge >= 0.3 is 7.12 Å². The molecule has 1 amide bonds. The first kappa shape index (κ1) is 17.0. The third-order valence-electron chi connectivity index (χ3n) is 4.21. The van der Waals surface area contributed by atoms with Gasteiger partial charge in [-0.15, -0.1) is 0 Å². The first-order chi connectivity index (χ1) is 10.5. The SMILES string of the molecule is CC(C)C[C@H](NC(=O)c1cnn(C2CCCCC2)c1)B(O)O. The van der Waals surface area contributed by atoms with Gasteiger partial charge in [0.05, 0.1) is 23.7 Å². The van der Waals surface area contributed by atoms with Crippen LogP contribution in [-0.2, 0) is 0 Å². The smallest absolute Gasteiger partial charge is 0.426 e. The topological polar surface area (TPSA) is 87.4 Å². The lowest BCUT2D eigenvalue weighted by Gasteiger charge is -2.21. The maximum Gasteiger partial charge on any atom is 0.475 e. The molecule has 0 radical (unpaired) electrons. The number of rotatable bonds is 6. The standard InChI is InChI=1S/C15H26BN3O3/c1-11(2)8-14(16(21)22)18-15(20)12-9-17-19(10-12)13-6-4-3-5-7-13/h9-11,13-14,21-22H,3-8H2,1-2H3,(H,18,20)/t14-/m0/s1. The largest absolute Gasteiger partial charge is 0.475 e. The van der Waals surface area contributed by atoms with Crippen LogP contribution >= 0.6 is 0 Å². The van der Waals surface area contributed by atoms with Crippen molar-refractivity contribution in [1.82, 2.24) is 15.1 Å². The Hall–Kier alpha value is -1.34. The van der Waals surface area contributed by atoms with Crippen LogP contribution in [0, 0.1) is 5.92 Å². The molecule has 22 heavy (non-hydrogen) atoms. The molecule has 1 atom stereocenters. The summed E-state index contributed by atoms with van der Waals surface area (Å²) in [7, 11) is -1.56. The van der Waals surface area contributed by atoms with Crippen molar-refractivity contribution >= 4 is 13.0 Å². The van der Waals surface area contributed by atoms with E-state index in [1.807, 2.05) is 18.5 Å². The van der Waals surface area contributed by atoms with Gasteiger partial charge in [0, 0.05) is 6.20 Å². The summed E-state index contributed by atoms with van der Waals surface area (Å²) in [5.41, 5.74) is 0.472. The van der Waals surface area contributed by atoms with E-state index in [1.54, 1.807) is 12.4 Å². The second kappa shape index (κ2) is 7.79. The molecule has 0 unspecified atom stereocenters. The zero-order valence-corrected chi connectivity index (χ0v) is 13.4. The minimum Gasteiger partial charge on any atom is -0.426 e. The van der Waals surface area contributed by atoms with Crippen molar-refractivity contribution in [2.24, 2.45) is 5.92 Å². The number of nitrogens with one attached hydrogen (secondary N) is 1. The highest BCUT2D eigenvalue weighted by Crippen LogP contribution is 2.27. The summed E-state index contributed by atoms with van der Waals surface area (Å²) in [6.07, 6.45) is 9.73. The van der Waals surface area contributed by atoms with E-state index in [9.17, 15) is 14.8 Å². The van der Waals surface area contributed by atoms with Crippen molar-refractivity contribution < 1.29 is 14.8 Å². The third-order valence-corrected chi connectivity index (χ3v) is 4.21. The van der Waals surface area contributed by atoms with Gasteiger partial charge in [-0.25, -0.2) is 0 Å². The normalized spacial score (nSPS) is 17.5. The number of amides is 1. The first-order valence-electron chi connectivity index (χ1n) is 8.18. The lowest BCUT2D eigenvalue weighted by Crippen LogP contribution is -2.47. The van der Waals surface area contributed by atoms with E-state index in [1.165, 1.54) is 19.3 Å². The van der Waals surface area contributed by atoms with Gasteiger partial charge in [-0.05, 0) is 25.2 Å². The maximum absolute atomic E-state index is 12.3. The molecule has 2 rings (SSSR count). The molecule has 0 saturated heterocycles. The van der Waals surface area contributed by atoms with E-state index in [0.717, 1.165) is 12.8 Å². The summed E-state index contributed by atoms with van der Waals surface area (Å²) in [5, 5.41) is 25.8. The number of carbonyl (C=O) groups is 1. The quantitative estimate of drug-likeness (QED) is 0.696. The molecular formula is C15H26BN3O3. The van der Waals surface area contributed by atoms with E-state index in [4.69, 9.17) is 0 Å². The Balaban J connectivity index is 1.98. The van der Waals surface area contributed by atoms with Gasteiger partial charge in [0.25, 0.3) is 5.91 Å². The first-order valence-corrected chi connectivity index (χ1v) is 8.18. The summed E-state index contributed by atoms with van der Waals surface area (Å²) < 4.78 is 1.88. The molecule has 6 nitrogen and oxygen atoms in total. The fraction of sp³-hybridized carbons (Fsp3) is 0.733. The second-order valence-corrected chi connectivity index (χ2v) is 6.62. The molecule has 1 heterocycles. The number of nitrogens with zero attached hydrogens (tertiary/aromatic N) is 2. The van der Waals surface area contributed by atoms with Gasteiger partial charge in [-0.2, -0.15) is 5.10 Å². The van der Waals surface area contributed by atoms with Crippen molar-refractivity contribution in [3.05, 3.63) is 18.0 Å². The predicted octanol–water partition coefficient (Wildman–Crippen LogP) is 1.54. The molecule has 122 valence electrons. The van der Waals surface area contributed by atoms with Crippen molar-refractivity contribution in [3.8, 4) is 0 Å². The minimum atomic E-state index is -1.56. The summed E-state index contributed by atoms with van der Waals surface area (Å²) in [6.45, 7) is 3.95. The molecule has 1 aromatic rings. The highest BCUT2D eigenvalue weighted by atomic mass is 16.4. The molecule has 1 aromatic heterocycles. The molecule has 1 fully saturated rings. The highest BCUT2D eigenvalue weighted by molar-refractivity contribution is 6.43. The average Bonchev–Trinajstić information content (AvgIpc) is 2.96. The van der Waals surface area contributed by atoms with Crippen LogP contribution in [0.15, 0.2) is 12.4 Å². The lowest BCUT2D eigenvalue weighted by molar-refractivity contribution is 0.0938. The van der Waals surface area contributed by atoms with Crippen LogP contribution in [0.4, 0.5) is 0 Å². The number of hydrogen-bond donors (Lipinski definition) is 3. The molecule has 0 bridgehead atoms. The summed E-state index contributed by atoms with van der Waals surface area (Å²) in [5.74, 6) is -0.705. The van der Waals surface area contributed by atoms with Crippen LogP contribution in [0.1, 0.15) is 68.8 Å². The van der Waals surface area contributed by atoms with Gasteiger partial charge in [0.1, 0.15) is 0 Å². The van der Waals surface area contributed by atoms with E-state index in [2.05, 4.69) is 10.4 Å². The zero-order valence-electron chi connectivity index (χ0n) is 13.4. The van der Waals surface area contributed by atoms with Crippen LogP contribution < -0.4 is 5.32 Å². The molecular weight excluding hydrogens is 281 g/mol. The zero-order chi connectivity index (χ0) is 16.1.